The fourth-order valence-corrected chi connectivity index (χ4v) is 4.72. The Kier molecular flexibility index (Phi) is 6.86. The van der Waals surface area contributed by atoms with Crippen molar-refractivity contribution in [1.29, 1.82) is 0 Å². The predicted molar refractivity (Wildman–Crippen MR) is 123 cm³/mol. The van der Waals surface area contributed by atoms with Crippen LogP contribution in [-0.2, 0) is 0 Å². The molecule has 28 heavy (non-hydrogen) atoms. The monoisotopic (exact) mass is 459 g/mol. The molecule has 1 aromatic heterocycles. The van der Waals surface area contributed by atoms with Crippen molar-refractivity contribution in [3.05, 3.63) is 57.6 Å². The number of carbonyl (C=O) groups excluding carboxylic acids is 1. The van der Waals surface area contributed by atoms with Crippen LogP contribution in [0.3, 0.4) is 0 Å². The average molecular weight is 460 g/mol. The van der Waals surface area contributed by atoms with E-state index < -0.39 is 0 Å². The fourth-order valence-electron chi connectivity index (χ4n) is 3.29. The van der Waals surface area contributed by atoms with Crippen molar-refractivity contribution in [1.82, 2.24) is 9.88 Å². The summed E-state index contributed by atoms with van der Waals surface area (Å²) in [5, 5.41) is 0.767. The molecule has 0 unspecified atom stereocenters. The van der Waals surface area contributed by atoms with Crippen molar-refractivity contribution in [3.8, 4) is 0 Å². The molecule has 0 saturated carbocycles. The van der Waals surface area contributed by atoms with Crippen molar-refractivity contribution in [2.24, 2.45) is 0 Å². The molecule has 0 radical (unpaired) electrons. The number of nitrogens with zero attached hydrogens (tertiary/aromatic N) is 3. The van der Waals surface area contributed by atoms with Gasteiger partial charge in [0.1, 0.15) is 0 Å². The number of carbonyl (C=O) groups is 1. The molecule has 3 aromatic rings. The molecule has 1 amide bonds. The second kappa shape index (κ2) is 9.16. The molecule has 1 heterocycles. The highest BCUT2D eigenvalue weighted by atomic mass is 79.9. The third kappa shape index (κ3) is 4.62. The van der Waals surface area contributed by atoms with E-state index in [1.807, 2.05) is 29.2 Å². The summed E-state index contributed by atoms with van der Waals surface area (Å²) in [5.74, 6) is -0.00640. The molecule has 0 aliphatic heterocycles. The van der Waals surface area contributed by atoms with Crippen LogP contribution in [-0.4, -0.2) is 42.0 Å². The maximum atomic E-state index is 13.3. The predicted octanol–water partition coefficient (Wildman–Crippen LogP) is 5.66. The molecule has 6 heteroatoms. The van der Waals surface area contributed by atoms with E-state index >= 15 is 0 Å². The molecule has 148 valence electrons. The van der Waals surface area contributed by atoms with Crippen LogP contribution in [0.25, 0.3) is 10.2 Å². The van der Waals surface area contributed by atoms with Crippen molar-refractivity contribution in [2.45, 2.75) is 27.7 Å². The number of aromatic nitrogens is 1. The second-order valence-corrected chi connectivity index (χ2v) is 8.84. The van der Waals surface area contributed by atoms with Crippen LogP contribution in [0.2, 0.25) is 0 Å². The molecule has 0 N–H and O–H groups in total. The van der Waals surface area contributed by atoms with Gasteiger partial charge in [0, 0.05) is 23.1 Å². The van der Waals surface area contributed by atoms with Crippen molar-refractivity contribution < 1.29 is 4.79 Å². The molecular formula is C22H26BrN3OS. The van der Waals surface area contributed by atoms with Gasteiger partial charge >= 0.3 is 0 Å². The van der Waals surface area contributed by atoms with E-state index in [0.717, 1.165) is 45.0 Å². The lowest BCUT2D eigenvalue weighted by Crippen LogP contribution is -2.38. The number of aryl methyl sites for hydroxylation is 2. The summed E-state index contributed by atoms with van der Waals surface area (Å²) in [6.07, 6.45) is 0. The number of thiazole rings is 1. The van der Waals surface area contributed by atoms with Gasteiger partial charge in [0.25, 0.3) is 5.91 Å². The van der Waals surface area contributed by atoms with Crippen LogP contribution in [0, 0.1) is 13.8 Å². The first kappa shape index (κ1) is 21.0. The topological polar surface area (TPSA) is 36.4 Å². The van der Waals surface area contributed by atoms with Crippen molar-refractivity contribution in [2.75, 3.05) is 31.1 Å². The number of rotatable bonds is 7. The molecular weight excluding hydrogens is 434 g/mol. The Labute approximate surface area is 179 Å². The van der Waals surface area contributed by atoms with E-state index in [9.17, 15) is 4.79 Å². The zero-order chi connectivity index (χ0) is 20.3. The molecule has 0 spiro atoms. The highest BCUT2D eigenvalue weighted by Crippen LogP contribution is 2.32. The van der Waals surface area contributed by atoms with Crippen LogP contribution in [0.1, 0.15) is 35.3 Å². The summed E-state index contributed by atoms with van der Waals surface area (Å²) in [6, 6.07) is 11.8. The number of fused-ring (bicyclic) bond motifs is 1. The Bertz CT molecular complexity index is 964. The minimum atomic E-state index is -0.00640. The zero-order valence-corrected chi connectivity index (χ0v) is 19.2. The second-order valence-electron chi connectivity index (χ2n) is 6.92. The third-order valence-corrected chi connectivity index (χ3v) is 6.47. The smallest absolute Gasteiger partial charge is 0.260 e. The summed E-state index contributed by atoms with van der Waals surface area (Å²) >= 11 is 5.03. The van der Waals surface area contributed by atoms with E-state index in [4.69, 9.17) is 4.98 Å². The van der Waals surface area contributed by atoms with Crippen LogP contribution in [0.4, 0.5) is 5.13 Å². The lowest BCUT2D eigenvalue weighted by molar-refractivity contribution is 0.0984. The third-order valence-electron chi connectivity index (χ3n) is 4.92. The minimum Gasteiger partial charge on any atom is -0.302 e. The highest BCUT2D eigenvalue weighted by molar-refractivity contribution is 9.10. The van der Waals surface area contributed by atoms with Crippen LogP contribution >= 0.6 is 27.3 Å². The van der Waals surface area contributed by atoms with Gasteiger partial charge in [0.2, 0.25) is 0 Å². The van der Waals surface area contributed by atoms with Crippen LogP contribution in [0.5, 0.6) is 0 Å². The lowest BCUT2D eigenvalue weighted by Gasteiger charge is -2.24. The molecule has 3 rings (SSSR count). The standard InChI is InChI=1S/C22H26BrN3OS/c1-5-25(6-2)11-12-26(21(27)17-7-9-18(23)10-8-17)22-24-20-16(4)13-15(3)14-19(20)28-22/h7-10,13-14H,5-6,11-12H2,1-4H3. The van der Waals surface area contributed by atoms with Crippen LogP contribution in [0.15, 0.2) is 40.9 Å². The summed E-state index contributed by atoms with van der Waals surface area (Å²) in [5.41, 5.74) is 4.03. The van der Waals surface area contributed by atoms with Gasteiger partial charge in [-0.15, -0.1) is 0 Å². The number of amides is 1. The fraction of sp³-hybridized carbons (Fsp3) is 0.364. The first-order valence-corrected chi connectivity index (χ1v) is 11.2. The number of halogens is 1. The normalized spacial score (nSPS) is 11.4. The zero-order valence-electron chi connectivity index (χ0n) is 16.8. The van der Waals surface area contributed by atoms with Crippen molar-refractivity contribution >= 4 is 48.5 Å². The maximum Gasteiger partial charge on any atom is 0.260 e. The average Bonchev–Trinajstić information content (AvgIpc) is 3.09. The molecule has 4 nitrogen and oxygen atoms in total. The lowest BCUT2D eigenvalue weighted by atomic mass is 10.1. The molecule has 0 fully saturated rings. The summed E-state index contributed by atoms with van der Waals surface area (Å²) in [6.45, 7) is 11.8. The quantitative estimate of drug-likeness (QED) is 0.456. The Morgan fingerprint density at radius 3 is 2.39 bits per heavy atom. The van der Waals surface area contributed by atoms with E-state index in [-0.39, 0.29) is 5.91 Å². The molecule has 0 aliphatic carbocycles. The maximum absolute atomic E-state index is 13.3. The van der Waals surface area contributed by atoms with E-state index in [0.29, 0.717) is 12.1 Å². The van der Waals surface area contributed by atoms with E-state index in [1.165, 1.54) is 5.56 Å². The van der Waals surface area contributed by atoms with Gasteiger partial charge < -0.3 is 4.90 Å². The van der Waals surface area contributed by atoms with Gasteiger partial charge in [-0.2, -0.15) is 0 Å². The van der Waals surface area contributed by atoms with E-state index in [1.54, 1.807) is 11.3 Å². The number of hydrogen-bond acceptors (Lipinski definition) is 4. The number of likely N-dealkylation sites (N-methyl/N-ethyl adjacent to an activating group) is 1. The van der Waals surface area contributed by atoms with Gasteiger partial charge in [-0.05, 0) is 68.4 Å². The minimum absolute atomic E-state index is 0.00640. The first-order chi connectivity index (χ1) is 13.4. The Hall–Kier alpha value is -1.76. The van der Waals surface area contributed by atoms with Gasteiger partial charge in [0.15, 0.2) is 5.13 Å². The molecule has 0 saturated heterocycles. The van der Waals surface area contributed by atoms with Gasteiger partial charge in [-0.1, -0.05) is 47.2 Å². The first-order valence-electron chi connectivity index (χ1n) is 9.60. The molecule has 0 aliphatic rings. The molecule has 0 bridgehead atoms. The van der Waals surface area contributed by atoms with Gasteiger partial charge in [-0.25, -0.2) is 4.98 Å². The van der Waals surface area contributed by atoms with Crippen molar-refractivity contribution in [3.63, 3.8) is 0 Å². The number of hydrogen-bond donors (Lipinski definition) is 0. The Balaban J connectivity index is 1.98. The molecule has 2 aromatic carbocycles. The Morgan fingerprint density at radius 2 is 1.75 bits per heavy atom. The summed E-state index contributed by atoms with van der Waals surface area (Å²) in [4.78, 5) is 22.3. The van der Waals surface area contributed by atoms with Gasteiger partial charge in [0.05, 0.1) is 10.2 Å². The number of anilines is 1. The number of benzene rings is 2. The summed E-state index contributed by atoms with van der Waals surface area (Å²) in [7, 11) is 0. The summed E-state index contributed by atoms with van der Waals surface area (Å²) < 4.78 is 2.09. The van der Waals surface area contributed by atoms with Crippen LogP contribution < -0.4 is 4.90 Å². The highest BCUT2D eigenvalue weighted by Gasteiger charge is 2.22. The Morgan fingerprint density at radius 1 is 1.07 bits per heavy atom. The SMILES string of the molecule is CCN(CC)CCN(C(=O)c1ccc(Br)cc1)c1nc2c(C)cc(C)cc2s1. The van der Waals surface area contributed by atoms with E-state index in [2.05, 4.69) is 60.7 Å². The van der Waals surface area contributed by atoms with Gasteiger partial charge in [-0.3, -0.25) is 9.69 Å². The largest absolute Gasteiger partial charge is 0.302 e. The molecule has 0 atom stereocenters.